The Bertz CT molecular complexity index is 1030. The van der Waals surface area contributed by atoms with Crippen LogP contribution >= 0.6 is 35.0 Å². The zero-order chi connectivity index (χ0) is 20.1. The van der Waals surface area contributed by atoms with Crippen LogP contribution in [0.1, 0.15) is 16.8 Å². The van der Waals surface area contributed by atoms with Gasteiger partial charge in [-0.05, 0) is 30.7 Å². The first-order valence-corrected chi connectivity index (χ1v) is 10.2. The minimum absolute atomic E-state index is 0.0878. The van der Waals surface area contributed by atoms with Crippen LogP contribution in [0.3, 0.4) is 0 Å². The molecule has 0 aliphatic rings. The van der Waals surface area contributed by atoms with Gasteiger partial charge in [0.1, 0.15) is 0 Å². The third-order valence-electron chi connectivity index (χ3n) is 3.91. The fourth-order valence-corrected chi connectivity index (χ4v) is 3.85. The summed E-state index contributed by atoms with van der Waals surface area (Å²) in [5.41, 5.74) is 2.63. The number of nitrogens with one attached hydrogen (secondary N) is 2. The van der Waals surface area contributed by atoms with Gasteiger partial charge in [-0.2, -0.15) is 0 Å². The van der Waals surface area contributed by atoms with E-state index in [9.17, 15) is 9.59 Å². The summed E-state index contributed by atoms with van der Waals surface area (Å²) in [7, 11) is 0. The van der Waals surface area contributed by atoms with Crippen LogP contribution in [0, 0.1) is 6.92 Å². The van der Waals surface area contributed by atoms with Crippen molar-refractivity contribution in [3.05, 3.63) is 85.8 Å². The second kappa shape index (κ2) is 9.28. The number of amides is 1. The van der Waals surface area contributed by atoms with Gasteiger partial charge in [-0.15, -0.1) is 0 Å². The maximum Gasteiger partial charge on any atom is 0.255 e. The molecular weight excluding hydrogens is 417 g/mol. The van der Waals surface area contributed by atoms with E-state index in [1.165, 1.54) is 0 Å². The number of hydrogen-bond donors (Lipinski definition) is 2. The van der Waals surface area contributed by atoms with Crippen LogP contribution in [-0.2, 0) is 11.2 Å². The largest absolute Gasteiger partial charge is 0.325 e. The Morgan fingerprint density at radius 2 is 1.82 bits per heavy atom. The molecule has 0 spiro atoms. The summed E-state index contributed by atoms with van der Waals surface area (Å²) < 4.78 is 0. The molecule has 0 bridgehead atoms. The number of carbonyl (C=O) groups excluding carboxylic acids is 1. The highest BCUT2D eigenvalue weighted by molar-refractivity contribution is 7.99. The fourth-order valence-electron chi connectivity index (χ4n) is 2.62. The molecule has 0 saturated heterocycles. The molecule has 0 aliphatic heterocycles. The number of thioether (sulfide) groups is 1. The normalized spacial score (nSPS) is 10.7. The molecule has 2 aromatic carbocycles. The summed E-state index contributed by atoms with van der Waals surface area (Å²) in [5.74, 6) is -0.165. The topological polar surface area (TPSA) is 74.8 Å². The van der Waals surface area contributed by atoms with Gasteiger partial charge < -0.3 is 10.3 Å². The quantitative estimate of drug-likeness (QED) is 0.436. The third kappa shape index (κ3) is 5.61. The SMILES string of the molecule is Cc1nc(SCC(=O)Nc2cc(Cl)cc(Cl)c2)[nH]c(=O)c1Cc1ccccc1. The number of nitrogens with zero attached hydrogens (tertiary/aromatic N) is 1. The molecule has 0 atom stereocenters. The van der Waals surface area contributed by atoms with Gasteiger partial charge >= 0.3 is 0 Å². The molecular formula is C20H17Cl2N3O2S. The van der Waals surface area contributed by atoms with Crippen LogP contribution < -0.4 is 10.9 Å². The average molecular weight is 434 g/mol. The number of rotatable bonds is 6. The van der Waals surface area contributed by atoms with Crippen LogP contribution in [0.4, 0.5) is 5.69 Å². The molecule has 0 radical (unpaired) electrons. The number of hydrogen-bond acceptors (Lipinski definition) is 4. The summed E-state index contributed by atoms with van der Waals surface area (Å²) in [6.45, 7) is 1.80. The highest BCUT2D eigenvalue weighted by atomic mass is 35.5. The molecule has 3 aromatic rings. The van der Waals surface area contributed by atoms with Crippen LogP contribution in [0.25, 0.3) is 0 Å². The van der Waals surface area contributed by atoms with Gasteiger partial charge in [-0.1, -0.05) is 65.3 Å². The number of carbonyl (C=O) groups is 1. The molecule has 0 unspecified atom stereocenters. The molecule has 144 valence electrons. The zero-order valence-electron chi connectivity index (χ0n) is 15.0. The summed E-state index contributed by atoms with van der Waals surface area (Å²) >= 11 is 13.0. The molecule has 0 saturated carbocycles. The van der Waals surface area contributed by atoms with E-state index >= 15 is 0 Å². The van der Waals surface area contributed by atoms with Gasteiger partial charge in [0, 0.05) is 33.4 Å². The van der Waals surface area contributed by atoms with Crippen molar-refractivity contribution in [2.75, 3.05) is 11.1 Å². The molecule has 3 rings (SSSR count). The standard InChI is InChI=1S/C20H17Cl2N3O2S/c1-12-17(7-13-5-3-2-4-6-13)19(27)25-20(23-12)28-11-18(26)24-16-9-14(21)8-15(22)10-16/h2-6,8-10H,7,11H2,1H3,(H,24,26)(H,23,25,27). The summed E-state index contributed by atoms with van der Waals surface area (Å²) in [6.07, 6.45) is 0.510. The zero-order valence-corrected chi connectivity index (χ0v) is 17.3. The van der Waals surface area contributed by atoms with Crippen LogP contribution in [0.2, 0.25) is 10.0 Å². The number of H-pyrrole nitrogens is 1. The van der Waals surface area contributed by atoms with E-state index in [0.29, 0.717) is 38.6 Å². The predicted molar refractivity (Wildman–Crippen MR) is 115 cm³/mol. The minimum atomic E-state index is -0.253. The maximum atomic E-state index is 12.4. The molecule has 0 fully saturated rings. The van der Waals surface area contributed by atoms with E-state index in [1.54, 1.807) is 25.1 Å². The van der Waals surface area contributed by atoms with Crippen molar-refractivity contribution in [3.63, 3.8) is 0 Å². The average Bonchev–Trinajstić information content (AvgIpc) is 2.63. The van der Waals surface area contributed by atoms with Crippen LogP contribution in [-0.4, -0.2) is 21.6 Å². The molecule has 1 aromatic heterocycles. The molecule has 28 heavy (non-hydrogen) atoms. The van der Waals surface area contributed by atoms with Gasteiger partial charge in [0.25, 0.3) is 5.56 Å². The number of aromatic amines is 1. The highest BCUT2D eigenvalue weighted by Gasteiger charge is 2.11. The number of anilines is 1. The first-order chi connectivity index (χ1) is 13.4. The Morgan fingerprint density at radius 3 is 2.46 bits per heavy atom. The smallest absolute Gasteiger partial charge is 0.255 e. The lowest BCUT2D eigenvalue weighted by atomic mass is 10.1. The molecule has 1 heterocycles. The van der Waals surface area contributed by atoms with Gasteiger partial charge in [-0.3, -0.25) is 9.59 Å². The Morgan fingerprint density at radius 1 is 1.14 bits per heavy atom. The van der Waals surface area contributed by atoms with E-state index in [2.05, 4.69) is 15.3 Å². The maximum absolute atomic E-state index is 12.4. The number of benzene rings is 2. The summed E-state index contributed by atoms with van der Waals surface area (Å²) in [5, 5.41) is 3.99. The highest BCUT2D eigenvalue weighted by Crippen LogP contribution is 2.23. The van der Waals surface area contributed by atoms with Gasteiger partial charge in [0.2, 0.25) is 5.91 Å². The monoisotopic (exact) mass is 433 g/mol. The van der Waals surface area contributed by atoms with E-state index in [1.807, 2.05) is 30.3 Å². The Balaban J connectivity index is 1.64. The second-order valence-corrected chi connectivity index (χ2v) is 7.93. The van der Waals surface area contributed by atoms with E-state index < -0.39 is 0 Å². The Labute approximate surface area is 176 Å². The van der Waals surface area contributed by atoms with Crippen LogP contribution in [0.5, 0.6) is 0 Å². The van der Waals surface area contributed by atoms with Crippen molar-refractivity contribution < 1.29 is 4.79 Å². The number of halogens is 2. The van der Waals surface area contributed by atoms with Crippen LogP contribution in [0.15, 0.2) is 58.5 Å². The molecule has 2 N–H and O–H groups in total. The lowest BCUT2D eigenvalue weighted by Crippen LogP contribution is -2.19. The Kier molecular flexibility index (Phi) is 6.78. The minimum Gasteiger partial charge on any atom is -0.325 e. The van der Waals surface area contributed by atoms with E-state index in [0.717, 1.165) is 17.3 Å². The van der Waals surface area contributed by atoms with Crippen molar-refractivity contribution in [2.45, 2.75) is 18.5 Å². The molecule has 8 heteroatoms. The van der Waals surface area contributed by atoms with E-state index in [-0.39, 0.29) is 17.2 Å². The molecule has 0 aliphatic carbocycles. The lowest BCUT2D eigenvalue weighted by molar-refractivity contribution is -0.113. The van der Waals surface area contributed by atoms with Gasteiger partial charge in [0.15, 0.2) is 5.16 Å². The van der Waals surface area contributed by atoms with Crippen molar-refractivity contribution in [3.8, 4) is 0 Å². The first-order valence-electron chi connectivity index (χ1n) is 8.43. The van der Waals surface area contributed by atoms with Crippen molar-refractivity contribution in [1.29, 1.82) is 0 Å². The Hall–Kier alpha value is -2.28. The number of aryl methyl sites for hydroxylation is 1. The molecule has 5 nitrogen and oxygen atoms in total. The fraction of sp³-hybridized carbons (Fsp3) is 0.150. The second-order valence-electron chi connectivity index (χ2n) is 6.09. The number of aromatic nitrogens is 2. The van der Waals surface area contributed by atoms with Gasteiger partial charge in [0.05, 0.1) is 5.75 Å². The predicted octanol–water partition coefficient (Wildman–Crippen LogP) is 4.71. The first kappa shape index (κ1) is 20.5. The van der Waals surface area contributed by atoms with Crippen molar-refractivity contribution in [1.82, 2.24) is 9.97 Å². The van der Waals surface area contributed by atoms with E-state index in [4.69, 9.17) is 23.2 Å². The third-order valence-corrected chi connectivity index (χ3v) is 5.22. The van der Waals surface area contributed by atoms with Gasteiger partial charge in [-0.25, -0.2) is 4.98 Å². The summed E-state index contributed by atoms with van der Waals surface area (Å²) in [4.78, 5) is 31.8. The lowest BCUT2D eigenvalue weighted by Gasteiger charge is -2.08. The van der Waals surface area contributed by atoms with Crippen molar-refractivity contribution in [2.24, 2.45) is 0 Å². The molecule has 1 amide bonds. The summed E-state index contributed by atoms with van der Waals surface area (Å²) in [6, 6.07) is 14.5. The van der Waals surface area contributed by atoms with Crippen molar-refractivity contribution >= 4 is 46.6 Å².